The van der Waals surface area contributed by atoms with Crippen molar-refractivity contribution in [3.8, 4) is 0 Å². The highest BCUT2D eigenvalue weighted by atomic mass is 16.4. The third kappa shape index (κ3) is 2.07. The number of carboxylic acids is 1. The number of aliphatic hydroxyl groups is 1. The van der Waals surface area contributed by atoms with Crippen molar-refractivity contribution < 1.29 is 15.0 Å². The minimum atomic E-state index is -0.880. The third-order valence-electron chi connectivity index (χ3n) is 3.24. The summed E-state index contributed by atoms with van der Waals surface area (Å²) in [6.07, 6.45) is 3.55. The second-order valence-electron chi connectivity index (χ2n) is 4.12. The Morgan fingerprint density at radius 2 is 2.21 bits per heavy atom. The lowest BCUT2D eigenvalue weighted by Gasteiger charge is -2.27. The molecule has 0 saturated heterocycles. The highest BCUT2D eigenvalue weighted by molar-refractivity contribution is 5.75. The van der Waals surface area contributed by atoms with Crippen molar-refractivity contribution in [1.29, 1.82) is 0 Å². The summed E-state index contributed by atoms with van der Waals surface area (Å²) in [5.41, 5.74) is 4.48. The molecule has 0 radical (unpaired) electrons. The Morgan fingerprint density at radius 1 is 1.50 bits per heavy atom. The Balaban J connectivity index is 2.58. The maximum Gasteiger partial charge on any atom is 0.312 e. The van der Waals surface area contributed by atoms with Crippen molar-refractivity contribution in [1.82, 2.24) is 0 Å². The molecule has 0 aliphatic heterocycles. The monoisotopic (exact) mass is 201 g/mol. The number of nitrogens with two attached hydrogens (primary N) is 1. The number of rotatable bonds is 5. The largest absolute Gasteiger partial charge is 0.481 e. The fourth-order valence-electron chi connectivity index (χ4n) is 2.29. The third-order valence-corrected chi connectivity index (χ3v) is 3.24. The van der Waals surface area contributed by atoms with Gasteiger partial charge in [-0.25, -0.2) is 0 Å². The minimum absolute atomic E-state index is 0.556. The van der Waals surface area contributed by atoms with Crippen LogP contribution in [0, 0.1) is 5.41 Å². The first kappa shape index (κ1) is 11.5. The van der Waals surface area contributed by atoms with Crippen LogP contribution in [0.4, 0.5) is 0 Å². The van der Waals surface area contributed by atoms with Gasteiger partial charge in [-0.3, -0.25) is 4.79 Å². The molecule has 1 saturated carbocycles. The molecule has 4 nitrogen and oxygen atoms in total. The van der Waals surface area contributed by atoms with Crippen LogP contribution in [0.2, 0.25) is 0 Å². The molecule has 0 aromatic carbocycles. The first-order valence-electron chi connectivity index (χ1n) is 5.25. The standard InChI is InChI=1S/C10H19NO3/c11-7-2-1-5-10(9(13)14)6-3-4-8(10)12/h8,12H,1-7,11H2,(H,13,14). The van der Waals surface area contributed by atoms with E-state index in [-0.39, 0.29) is 0 Å². The molecule has 0 heterocycles. The summed E-state index contributed by atoms with van der Waals surface area (Å²) < 4.78 is 0. The minimum Gasteiger partial charge on any atom is -0.481 e. The molecule has 2 unspecified atom stereocenters. The zero-order valence-corrected chi connectivity index (χ0v) is 8.41. The summed E-state index contributed by atoms with van der Waals surface area (Å²) in [4.78, 5) is 11.1. The molecule has 2 atom stereocenters. The average Bonchev–Trinajstić information content (AvgIpc) is 2.49. The Bertz CT molecular complexity index is 208. The predicted octanol–water partition coefficient (Wildman–Crippen LogP) is 0.731. The quantitative estimate of drug-likeness (QED) is 0.573. The fraction of sp³-hybridized carbons (Fsp3) is 0.900. The molecule has 14 heavy (non-hydrogen) atoms. The van der Waals surface area contributed by atoms with Gasteiger partial charge in [-0.2, -0.15) is 0 Å². The highest BCUT2D eigenvalue weighted by Crippen LogP contribution is 2.42. The first-order chi connectivity index (χ1) is 6.63. The number of carboxylic acid groups (broad SMARTS) is 1. The van der Waals surface area contributed by atoms with Crippen LogP contribution in [-0.2, 0) is 4.79 Å². The van der Waals surface area contributed by atoms with Gasteiger partial charge in [-0.05, 0) is 38.6 Å². The normalized spacial score (nSPS) is 32.0. The average molecular weight is 201 g/mol. The molecule has 0 aromatic rings. The van der Waals surface area contributed by atoms with Gasteiger partial charge in [0.2, 0.25) is 0 Å². The summed E-state index contributed by atoms with van der Waals surface area (Å²) >= 11 is 0. The Hall–Kier alpha value is -0.610. The molecule has 4 heteroatoms. The molecule has 1 aliphatic carbocycles. The molecule has 0 aromatic heterocycles. The van der Waals surface area contributed by atoms with Gasteiger partial charge in [0, 0.05) is 0 Å². The molecule has 0 amide bonds. The molecule has 1 aliphatic rings. The number of hydrogen-bond donors (Lipinski definition) is 3. The zero-order valence-electron chi connectivity index (χ0n) is 8.41. The maximum atomic E-state index is 11.1. The van der Waals surface area contributed by atoms with Gasteiger partial charge in [0.05, 0.1) is 11.5 Å². The van der Waals surface area contributed by atoms with E-state index in [2.05, 4.69) is 0 Å². The first-order valence-corrected chi connectivity index (χ1v) is 5.25. The SMILES string of the molecule is NCCCCC1(C(=O)O)CCCC1O. The second-order valence-corrected chi connectivity index (χ2v) is 4.12. The molecule has 1 fully saturated rings. The lowest BCUT2D eigenvalue weighted by Crippen LogP contribution is -2.38. The summed E-state index contributed by atoms with van der Waals surface area (Å²) in [7, 11) is 0. The Kier molecular flexibility index (Phi) is 3.89. The molecule has 0 spiro atoms. The van der Waals surface area contributed by atoms with Gasteiger partial charge < -0.3 is 15.9 Å². The van der Waals surface area contributed by atoms with Gasteiger partial charge in [0.15, 0.2) is 0 Å². The Morgan fingerprint density at radius 3 is 2.64 bits per heavy atom. The van der Waals surface area contributed by atoms with Crippen molar-refractivity contribution in [2.24, 2.45) is 11.1 Å². The molecule has 0 bridgehead atoms. The van der Waals surface area contributed by atoms with Gasteiger partial charge in [-0.1, -0.05) is 6.42 Å². The van der Waals surface area contributed by atoms with Gasteiger partial charge in [0.25, 0.3) is 0 Å². The van der Waals surface area contributed by atoms with Crippen molar-refractivity contribution in [3.63, 3.8) is 0 Å². The second kappa shape index (κ2) is 4.75. The van der Waals surface area contributed by atoms with Crippen LogP contribution in [0.5, 0.6) is 0 Å². The van der Waals surface area contributed by atoms with E-state index >= 15 is 0 Å². The van der Waals surface area contributed by atoms with Crippen LogP contribution in [0.25, 0.3) is 0 Å². The number of unbranched alkanes of at least 4 members (excludes halogenated alkanes) is 1. The van der Waals surface area contributed by atoms with Crippen molar-refractivity contribution in [3.05, 3.63) is 0 Å². The van der Waals surface area contributed by atoms with Crippen molar-refractivity contribution in [2.45, 2.75) is 44.6 Å². The van der Waals surface area contributed by atoms with E-state index in [1.165, 1.54) is 0 Å². The van der Waals surface area contributed by atoms with Crippen LogP contribution in [0.15, 0.2) is 0 Å². The van der Waals surface area contributed by atoms with Gasteiger partial charge >= 0.3 is 5.97 Å². The number of hydrogen-bond acceptors (Lipinski definition) is 3. The predicted molar refractivity (Wildman–Crippen MR) is 52.8 cm³/mol. The topological polar surface area (TPSA) is 83.6 Å². The molecule has 82 valence electrons. The number of carbonyl (C=O) groups is 1. The molecular weight excluding hydrogens is 182 g/mol. The molecule has 1 rings (SSSR count). The Labute approximate surface area is 84.1 Å². The maximum absolute atomic E-state index is 11.1. The van der Waals surface area contributed by atoms with Crippen LogP contribution in [0.1, 0.15) is 38.5 Å². The smallest absolute Gasteiger partial charge is 0.312 e. The van der Waals surface area contributed by atoms with E-state index in [1.54, 1.807) is 0 Å². The van der Waals surface area contributed by atoms with Crippen molar-refractivity contribution in [2.75, 3.05) is 6.54 Å². The lowest BCUT2D eigenvalue weighted by molar-refractivity contribution is -0.155. The summed E-state index contributed by atoms with van der Waals surface area (Å²) in [6.45, 7) is 0.589. The van der Waals surface area contributed by atoms with E-state index in [4.69, 9.17) is 10.8 Å². The van der Waals surface area contributed by atoms with Gasteiger partial charge in [0.1, 0.15) is 0 Å². The zero-order chi connectivity index (χ0) is 10.6. The summed E-state index contributed by atoms with van der Waals surface area (Å²) in [6, 6.07) is 0. The summed E-state index contributed by atoms with van der Waals surface area (Å²) in [5, 5.41) is 18.8. The van der Waals surface area contributed by atoms with Crippen molar-refractivity contribution >= 4 is 5.97 Å². The lowest BCUT2D eigenvalue weighted by atomic mass is 9.79. The van der Waals surface area contributed by atoms with Crippen LogP contribution in [0.3, 0.4) is 0 Å². The number of aliphatic carboxylic acids is 1. The summed E-state index contributed by atoms with van der Waals surface area (Å²) in [5.74, 6) is -0.848. The van der Waals surface area contributed by atoms with Crippen LogP contribution >= 0.6 is 0 Å². The van der Waals surface area contributed by atoms with Crippen LogP contribution < -0.4 is 5.73 Å². The van der Waals surface area contributed by atoms with E-state index in [1.807, 2.05) is 0 Å². The number of aliphatic hydroxyl groups excluding tert-OH is 1. The fourth-order valence-corrected chi connectivity index (χ4v) is 2.29. The van der Waals surface area contributed by atoms with Gasteiger partial charge in [-0.15, -0.1) is 0 Å². The van der Waals surface area contributed by atoms with E-state index in [0.717, 1.165) is 19.3 Å². The van der Waals surface area contributed by atoms with E-state index < -0.39 is 17.5 Å². The van der Waals surface area contributed by atoms with E-state index in [0.29, 0.717) is 25.8 Å². The molecular formula is C10H19NO3. The highest BCUT2D eigenvalue weighted by Gasteiger charge is 2.47. The van der Waals surface area contributed by atoms with E-state index in [9.17, 15) is 9.90 Å². The molecule has 4 N–H and O–H groups in total. The van der Waals surface area contributed by atoms with Crippen LogP contribution in [-0.4, -0.2) is 28.8 Å².